The predicted octanol–water partition coefficient (Wildman–Crippen LogP) is 5.49. The van der Waals surface area contributed by atoms with Gasteiger partial charge in [0.05, 0.1) is 18.2 Å². The van der Waals surface area contributed by atoms with E-state index in [1.165, 1.54) is 0 Å². The summed E-state index contributed by atoms with van der Waals surface area (Å²) in [6.07, 6.45) is -5.26. The first-order chi connectivity index (χ1) is 14.9. The largest absolute Gasteiger partial charge is 0.493 e. The summed E-state index contributed by atoms with van der Waals surface area (Å²) in [6, 6.07) is 12.5. The molecule has 3 aromatic rings. The van der Waals surface area contributed by atoms with Crippen molar-refractivity contribution in [3.8, 4) is 11.8 Å². The topological polar surface area (TPSA) is 69.0 Å². The molecule has 4 nitrogen and oxygen atoms in total. The maximum Gasteiger partial charge on any atom is 0.417 e. The van der Waals surface area contributed by atoms with Gasteiger partial charge in [-0.15, -0.1) is 0 Å². The highest BCUT2D eigenvalue weighted by atomic mass is 19.4. The first kappa shape index (κ1) is 22.2. The molecule has 4 rings (SSSR count). The van der Waals surface area contributed by atoms with E-state index in [4.69, 9.17) is 10.00 Å². The van der Waals surface area contributed by atoms with Gasteiger partial charge in [-0.1, -0.05) is 32.0 Å². The second-order valence-electron chi connectivity index (χ2n) is 9.32. The third kappa shape index (κ3) is 3.84. The highest BCUT2D eigenvalue weighted by molar-refractivity contribution is 5.85. The van der Waals surface area contributed by atoms with E-state index in [2.05, 4.69) is 11.1 Å². The molecular weight excluding hydrogens is 417 g/mol. The third-order valence-corrected chi connectivity index (χ3v) is 6.32. The number of alkyl halides is 3. The molecule has 0 fully saturated rings. The zero-order valence-corrected chi connectivity index (χ0v) is 18.2. The molecule has 0 saturated carbocycles. The van der Waals surface area contributed by atoms with Crippen LogP contribution in [0.15, 0.2) is 36.4 Å². The van der Waals surface area contributed by atoms with Gasteiger partial charge in [0.2, 0.25) is 0 Å². The van der Waals surface area contributed by atoms with Crippen molar-refractivity contribution in [3.63, 3.8) is 0 Å². The molecule has 0 amide bonds. The summed E-state index contributed by atoms with van der Waals surface area (Å²) in [4.78, 5) is 2.97. The summed E-state index contributed by atoms with van der Waals surface area (Å²) in [5, 5.41) is 20.9. The van der Waals surface area contributed by atoms with Crippen molar-refractivity contribution in [1.82, 2.24) is 4.98 Å². The van der Waals surface area contributed by atoms with Crippen LogP contribution in [0.25, 0.3) is 10.9 Å². The lowest BCUT2D eigenvalue weighted by Gasteiger charge is -2.38. The molecule has 1 atom stereocenters. The van der Waals surface area contributed by atoms with Gasteiger partial charge in [0, 0.05) is 35.0 Å². The van der Waals surface area contributed by atoms with Gasteiger partial charge in [0.1, 0.15) is 5.75 Å². The zero-order valence-electron chi connectivity index (χ0n) is 18.2. The lowest BCUT2D eigenvalue weighted by atomic mass is 9.73. The van der Waals surface area contributed by atoms with E-state index in [0.29, 0.717) is 29.0 Å². The fraction of sp³-hybridized carbons (Fsp3) is 0.400. The van der Waals surface area contributed by atoms with Crippen molar-refractivity contribution in [2.45, 2.75) is 57.2 Å². The molecular formula is C25H25F3N2O2. The van der Waals surface area contributed by atoms with Crippen LogP contribution < -0.4 is 4.74 Å². The number of nitrogens with zero attached hydrogens (tertiary/aromatic N) is 1. The van der Waals surface area contributed by atoms with Gasteiger partial charge in [-0.2, -0.15) is 18.4 Å². The molecule has 0 aliphatic carbocycles. The lowest BCUT2D eigenvalue weighted by molar-refractivity contribution is -0.266. The van der Waals surface area contributed by atoms with Gasteiger partial charge >= 0.3 is 6.18 Å². The minimum Gasteiger partial charge on any atom is -0.493 e. The van der Waals surface area contributed by atoms with Crippen molar-refractivity contribution in [2.75, 3.05) is 6.61 Å². The summed E-state index contributed by atoms with van der Waals surface area (Å²) < 4.78 is 48.4. The average molecular weight is 442 g/mol. The number of rotatable bonds is 5. The van der Waals surface area contributed by atoms with Crippen molar-refractivity contribution >= 4 is 10.9 Å². The number of aromatic amines is 1. The van der Waals surface area contributed by atoms with Crippen molar-refractivity contribution < 1.29 is 23.0 Å². The maximum absolute atomic E-state index is 14.2. The standard InChI is InChI=1S/C25H25F3N2O2/c1-15-9-16(13-29)10-21-19(15)11-18(30-21)12-24(31,25(26,27)28)14-23(2,3)20-6-4-5-17-7-8-32-22(17)20/h4-6,9-11,30-31H,7-8,12,14H2,1-3H3. The van der Waals surface area contributed by atoms with Gasteiger partial charge in [-0.25, -0.2) is 0 Å². The van der Waals surface area contributed by atoms with Crippen LogP contribution >= 0.6 is 0 Å². The van der Waals surface area contributed by atoms with E-state index >= 15 is 0 Å². The number of nitrogens with one attached hydrogen (secondary N) is 1. The Morgan fingerprint density at radius 3 is 2.62 bits per heavy atom. The SMILES string of the molecule is Cc1cc(C#N)cc2[nH]c(CC(O)(CC(C)(C)c3cccc4c3OCC4)C(F)(F)F)cc12. The van der Waals surface area contributed by atoms with Gasteiger partial charge in [-0.05, 0) is 48.1 Å². The van der Waals surface area contributed by atoms with Gasteiger partial charge < -0.3 is 14.8 Å². The average Bonchev–Trinajstić information content (AvgIpc) is 3.32. The minimum absolute atomic E-state index is 0.267. The zero-order chi connectivity index (χ0) is 23.3. The van der Waals surface area contributed by atoms with Gasteiger partial charge in [0.25, 0.3) is 0 Å². The number of benzene rings is 2. The van der Waals surface area contributed by atoms with E-state index < -0.39 is 30.0 Å². The van der Waals surface area contributed by atoms with Crippen molar-refractivity contribution in [3.05, 3.63) is 64.3 Å². The summed E-state index contributed by atoms with van der Waals surface area (Å²) >= 11 is 0. The number of aryl methyl sites for hydroxylation is 1. The highest BCUT2D eigenvalue weighted by Crippen LogP contribution is 2.46. The second-order valence-corrected chi connectivity index (χ2v) is 9.32. The smallest absolute Gasteiger partial charge is 0.417 e. The Hall–Kier alpha value is -2.98. The number of halogens is 3. The normalized spacial score (nSPS) is 15.8. The number of hydrogen-bond acceptors (Lipinski definition) is 3. The number of fused-ring (bicyclic) bond motifs is 2. The van der Waals surface area contributed by atoms with E-state index in [0.717, 1.165) is 22.9 Å². The lowest BCUT2D eigenvalue weighted by Crippen LogP contribution is -2.51. The fourth-order valence-corrected chi connectivity index (χ4v) is 4.79. The van der Waals surface area contributed by atoms with E-state index in [1.807, 2.05) is 12.1 Å². The molecule has 1 aromatic heterocycles. The second kappa shape index (κ2) is 7.56. The Bertz CT molecular complexity index is 1220. The number of ether oxygens (including phenoxy) is 1. The number of para-hydroxylation sites is 1. The molecule has 2 aromatic carbocycles. The highest BCUT2D eigenvalue weighted by Gasteiger charge is 2.56. The molecule has 0 bridgehead atoms. The fourth-order valence-electron chi connectivity index (χ4n) is 4.79. The van der Waals surface area contributed by atoms with Gasteiger partial charge in [0.15, 0.2) is 5.60 Å². The third-order valence-electron chi connectivity index (χ3n) is 6.32. The number of hydrogen-bond donors (Lipinski definition) is 2. The van der Waals surface area contributed by atoms with Gasteiger partial charge in [-0.3, -0.25) is 0 Å². The van der Waals surface area contributed by atoms with Crippen LogP contribution in [-0.2, 0) is 18.3 Å². The first-order valence-corrected chi connectivity index (χ1v) is 10.5. The van der Waals surface area contributed by atoms with Crippen LogP contribution in [0.2, 0.25) is 0 Å². The molecule has 32 heavy (non-hydrogen) atoms. The predicted molar refractivity (Wildman–Crippen MR) is 116 cm³/mol. The molecule has 1 unspecified atom stereocenters. The van der Waals surface area contributed by atoms with Crippen LogP contribution in [0.1, 0.15) is 48.2 Å². The van der Waals surface area contributed by atoms with Crippen LogP contribution in [0.3, 0.4) is 0 Å². The van der Waals surface area contributed by atoms with Crippen molar-refractivity contribution in [1.29, 1.82) is 5.26 Å². The van der Waals surface area contributed by atoms with E-state index in [1.54, 1.807) is 45.0 Å². The molecule has 0 saturated heterocycles. The molecule has 1 aliphatic rings. The number of aliphatic hydroxyl groups is 1. The molecule has 2 N–H and O–H groups in total. The van der Waals surface area contributed by atoms with Crippen LogP contribution in [0.5, 0.6) is 5.75 Å². The van der Waals surface area contributed by atoms with Crippen molar-refractivity contribution in [2.24, 2.45) is 0 Å². The first-order valence-electron chi connectivity index (χ1n) is 10.5. The van der Waals surface area contributed by atoms with Crippen LogP contribution in [0, 0.1) is 18.3 Å². The molecule has 0 spiro atoms. The summed E-state index contributed by atoms with van der Waals surface area (Å²) in [5.74, 6) is 0.632. The summed E-state index contributed by atoms with van der Waals surface area (Å²) in [5.41, 5.74) is -0.242. The molecule has 1 aliphatic heterocycles. The number of H-pyrrole nitrogens is 1. The summed E-state index contributed by atoms with van der Waals surface area (Å²) in [7, 11) is 0. The van der Waals surface area contributed by atoms with Crippen LogP contribution in [-0.4, -0.2) is 28.5 Å². The molecule has 2 heterocycles. The number of nitriles is 1. The Labute approximate surface area is 184 Å². The Morgan fingerprint density at radius 2 is 1.94 bits per heavy atom. The maximum atomic E-state index is 14.2. The van der Waals surface area contributed by atoms with E-state index in [-0.39, 0.29) is 5.69 Å². The van der Waals surface area contributed by atoms with E-state index in [9.17, 15) is 18.3 Å². The quantitative estimate of drug-likeness (QED) is 0.549. The Kier molecular flexibility index (Phi) is 5.25. The number of aromatic nitrogens is 1. The minimum atomic E-state index is -4.84. The molecule has 168 valence electrons. The van der Waals surface area contributed by atoms with Crippen LogP contribution in [0.4, 0.5) is 13.2 Å². The molecule has 7 heteroatoms. The Balaban J connectivity index is 1.71. The Morgan fingerprint density at radius 1 is 1.19 bits per heavy atom. The monoisotopic (exact) mass is 442 g/mol. The molecule has 0 radical (unpaired) electrons. The summed E-state index contributed by atoms with van der Waals surface area (Å²) in [6.45, 7) is 5.71.